The highest BCUT2D eigenvalue weighted by Crippen LogP contribution is 2.18. The van der Waals surface area contributed by atoms with E-state index < -0.39 is 0 Å². The summed E-state index contributed by atoms with van der Waals surface area (Å²) in [6.45, 7) is 2.71. The summed E-state index contributed by atoms with van der Waals surface area (Å²) in [5.41, 5.74) is 4.33. The summed E-state index contributed by atoms with van der Waals surface area (Å²) in [5, 5.41) is 0. The van der Waals surface area contributed by atoms with Gasteiger partial charge in [-0.2, -0.15) is 0 Å². The molecule has 0 bridgehead atoms. The lowest BCUT2D eigenvalue weighted by Crippen LogP contribution is -2.37. The number of nitrogens with zero attached hydrogens (tertiary/aromatic N) is 6. The Morgan fingerprint density at radius 3 is 2.40 bits per heavy atom. The predicted octanol–water partition coefficient (Wildman–Crippen LogP) is 2.22. The second kappa shape index (κ2) is 8.06. The molecule has 4 aromatic rings. The van der Waals surface area contributed by atoms with E-state index in [-0.39, 0.29) is 11.2 Å². The molecule has 0 spiro atoms. The highest BCUT2D eigenvalue weighted by Gasteiger charge is 2.13. The molecule has 154 valence electrons. The van der Waals surface area contributed by atoms with E-state index >= 15 is 0 Å². The van der Waals surface area contributed by atoms with Gasteiger partial charge in [0.15, 0.2) is 11.2 Å². The molecule has 0 N–H and O–H groups in total. The number of pyridine rings is 2. The zero-order valence-electron chi connectivity index (χ0n) is 17.4. The van der Waals surface area contributed by atoms with Crippen molar-refractivity contribution in [3.63, 3.8) is 0 Å². The fraction of sp³-hybridized carbons (Fsp3) is 0.318. The van der Waals surface area contributed by atoms with Gasteiger partial charge in [0.05, 0.1) is 17.7 Å². The van der Waals surface area contributed by atoms with Crippen LogP contribution < -0.4 is 11.2 Å². The number of imidazole rings is 1. The number of aryl methyl sites for hydroxylation is 4. The van der Waals surface area contributed by atoms with Crippen molar-refractivity contribution >= 4 is 11.2 Å². The van der Waals surface area contributed by atoms with Gasteiger partial charge in [0.2, 0.25) is 0 Å². The molecular formula is C22H24N6O2. The lowest BCUT2D eigenvalue weighted by molar-refractivity contribution is 0.615. The van der Waals surface area contributed by atoms with Gasteiger partial charge in [0.25, 0.3) is 5.56 Å². The molecule has 0 unspecified atom stereocenters. The van der Waals surface area contributed by atoms with Crippen LogP contribution in [0, 0.1) is 6.92 Å². The third kappa shape index (κ3) is 3.68. The highest BCUT2D eigenvalue weighted by molar-refractivity contribution is 5.69. The van der Waals surface area contributed by atoms with Gasteiger partial charge in [-0.25, -0.2) is 9.78 Å². The van der Waals surface area contributed by atoms with Crippen molar-refractivity contribution in [2.24, 2.45) is 14.1 Å². The summed E-state index contributed by atoms with van der Waals surface area (Å²) in [5.74, 6) is 0. The third-order valence-corrected chi connectivity index (χ3v) is 5.33. The molecular weight excluding hydrogens is 380 g/mol. The van der Waals surface area contributed by atoms with Crippen LogP contribution in [-0.2, 0) is 27.1 Å². The highest BCUT2D eigenvalue weighted by atomic mass is 16.2. The third-order valence-electron chi connectivity index (χ3n) is 5.33. The van der Waals surface area contributed by atoms with E-state index in [2.05, 4.69) is 21.0 Å². The van der Waals surface area contributed by atoms with E-state index in [0.29, 0.717) is 17.7 Å². The minimum absolute atomic E-state index is 0.310. The first-order valence-electron chi connectivity index (χ1n) is 9.94. The smallest absolute Gasteiger partial charge is 0.325 e. The summed E-state index contributed by atoms with van der Waals surface area (Å²) in [6, 6.07) is 8.11. The number of hydrogen-bond acceptors (Lipinski definition) is 5. The monoisotopic (exact) mass is 404 g/mol. The summed E-state index contributed by atoms with van der Waals surface area (Å²) in [6.07, 6.45) is 8.01. The molecule has 0 radical (unpaired) electrons. The van der Waals surface area contributed by atoms with Gasteiger partial charge in [-0.15, -0.1) is 0 Å². The first-order valence-corrected chi connectivity index (χ1v) is 9.94. The molecule has 0 saturated heterocycles. The van der Waals surface area contributed by atoms with Crippen molar-refractivity contribution in [1.82, 2.24) is 28.7 Å². The Labute approximate surface area is 173 Å². The minimum Gasteiger partial charge on any atom is -0.325 e. The molecule has 0 saturated carbocycles. The summed E-state index contributed by atoms with van der Waals surface area (Å²) in [4.78, 5) is 37.7. The Bertz CT molecular complexity index is 1330. The standard InChI is InChI=1S/C22H24N6O2/c1-15-7-9-23-17(12-15)18-13-16(8-10-24-18)6-4-5-11-28-14-25-20-19(28)21(29)27(3)22(30)26(20)2/h7-10,12-14H,4-6,11H2,1-3H3. The molecule has 8 heteroatoms. The molecule has 0 atom stereocenters. The van der Waals surface area contributed by atoms with Crippen molar-refractivity contribution in [2.45, 2.75) is 32.7 Å². The van der Waals surface area contributed by atoms with Crippen molar-refractivity contribution in [1.29, 1.82) is 0 Å². The van der Waals surface area contributed by atoms with Crippen LogP contribution in [0.2, 0.25) is 0 Å². The van der Waals surface area contributed by atoms with E-state index in [1.165, 1.54) is 17.2 Å². The molecule has 4 aromatic heterocycles. The largest absolute Gasteiger partial charge is 0.332 e. The zero-order chi connectivity index (χ0) is 21.3. The number of aromatic nitrogens is 6. The first kappa shape index (κ1) is 19.8. The van der Waals surface area contributed by atoms with Crippen LogP contribution in [0.3, 0.4) is 0 Å². The summed E-state index contributed by atoms with van der Waals surface area (Å²) < 4.78 is 4.37. The minimum atomic E-state index is -0.366. The van der Waals surface area contributed by atoms with Crippen LogP contribution >= 0.6 is 0 Å². The van der Waals surface area contributed by atoms with E-state index in [1.54, 1.807) is 19.6 Å². The van der Waals surface area contributed by atoms with Crippen molar-refractivity contribution in [2.75, 3.05) is 0 Å². The first-order chi connectivity index (χ1) is 14.5. The number of rotatable bonds is 6. The Morgan fingerprint density at radius 2 is 1.63 bits per heavy atom. The SMILES string of the molecule is Cc1ccnc(-c2cc(CCCCn3cnc4c3c(=O)n(C)c(=O)n4C)ccn2)c1. The lowest BCUT2D eigenvalue weighted by atomic mass is 10.1. The van der Waals surface area contributed by atoms with E-state index in [0.717, 1.165) is 40.8 Å². The molecule has 8 nitrogen and oxygen atoms in total. The quantitative estimate of drug-likeness (QED) is 0.460. The number of fused-ring (bicyclic) bond motifs is 1. The van der Waals surface area contributed by atoms with Gasteiger partial charge >= 0.3 is 5.69 Å². The van der Waals surface area contributed by atoms with E-state index in [9.17, 15) is 9.59 Å². The Kier molecular flexibility index (Phi) is 5.31. The Balaban J connectivity index is 1.45. The summed E-state index contributed by atoms with van der Waals surface area (Å²) in [7, 11) is 3.12. The molecule has 4 heterocycles. The maximum absolute atomic E-state index is 12.5. The molecule has 0 aromatic carbocycles. The van der Waals surface area contributed by atoms with Gasteiger partial charge < -0.3 is 4.57 Å². The van der Waals surface area contributed by atoms with Crippen LogP contribution in [0.1, 0.15) is 24.0 Å². The Morgan fingerprint density at radius 1 is 0.900 bits per heavy atom. The molecule has 4 rings (SSSR count). The average molecular weight is 404 g/mol. The van der Waals surface area contributed by atoms with Crippen molar-refractivity contribution in [3.05, 3.63) is 75.0 Å². The molecule has 0 aliphatic heterocycles. The van der Waals surface area contributed by atoms with Crippen molar-refractivity contribution in [3.8, 4) is 11.4 Å². The van der Waals surface area contributed by atoms with Gasteiger partial charge in [-0.3, -0.25) is 23.9 Å². The molecule has 0 aliphatic rings. The van der Waals surface area contributed by atoms with Crippen LogP contribution in [0.25, 0.3) is 22.6 Å². The maximum atomic E-state index is 12.5. The predicted molar refractivity (Wildman–Crippen MR) is 115 cm³/mol. The second-order valence-electron chi connectivity index (χ2n) is 7.54. The number of hydrogen-bond donors (Lipinski definition) is 0. The molecule has 30 heavy (non-hydrogen) atoms. The molecule has 0 fully saturated rings. The van der Waals surface area contributed by atoms with Crippen LogP contribution in [0.4, 0.5) is 0 Å². The fourth-order valence-electron chi connectivity index (χ4n) is 3.62. The van der Waals surface area contributed by atoms with Crippen LogP contribution in [-0.4, -0.2) is 28.7 Å². The van der Waals surface area contributed by atoms with Gasteiger partial charge in [0, 0.05) is 33.0 Å². The van der Waals surface area contributed by atoms with Gasteiger partial charge in [-0.05, 0) is 61.6 Å². The Hall–Kier alpha value is -3.55. The van der Waals surface area contributed by atoms with E-state index in [4.69, 9.17) is 0 Å². The fourth-order valence-corrected chi connectivity index (χ4v) is 3.62. The van der Waals surface area contributed by atoms with Gasteiger partial charge in [-0.1, -0.05) is 0 Å². The van der Waals surface area contributed by atoms with Crippen LogP contribution in [0.5, 0.6) is 0 Å². The van der Waals surface area contributed by atoms with E-state index in [1.807, 2.05) is 35.9 Å². The second-order valence-corrected chi connectivity index (χ2v) is 7.54. The topological polar surface area (TPSA) is 87.6 Å². The normalized spacial score (nSPS) is 11.3. The van der Waals surface area contributed by atoms with Crippen molar-refractivity contribution < 1.29 is 0 Å². The van der Waals surface area contributed by atoms with Crippen LogP contribution in [0.15, 0.2) is 52.6 Å². The average Bonchev–Trinajstić information content (AvgIpc) is 3.18. The lowest BCUT2D eigenvalue weighted by Gasteiger charge is -2.07. The summed E-state index contributed by atoms with van der Waals surface area (Å²) >= 11 is 0. The zero-order valence-corrected chi connectivity index (χ0v) is 17.4. The maximum Gasteiger partial charge on any atom is 0.332 e. The number of unbranched alkanes of at least 4 members (excludes halogenated alkanes) is 1. The van der Waals surface area contributed by atoms with Gasteiger partial charge in [0.1, 0.15) is 0 Å². The molecule has 0 aliphatic carbocycles. The molecule has 0 amide bonds.